The molecule has 0 spiro atoms. The highest BCUT2D eigenvalue weighted by Crippen LogP contribution is 2.30. The number of thiocarbonyl (C=S) groups is 1. The summed E-state index contributed by atoms with van der Waals surface area (Å²) in [5, 5.41) is 0. The summed E-state index contributed by atoms with van der Waals surface area (Å²) in [6, 6.07) is 13.6. The average Bonchev–Trinajstić information content (AvgIpc) is 2.34. The molecule has 2 aromatic carbocycles. The molecule has 0 fully saturated rings. The van der Waals surface area contributed by atoms with E-state index in [1.54, 1.807) is 0 Å². The van der Waals surface area contributed by atoms with Crippen molar-refractivity contribution in [2.75, 3.05) is 0 Å². The lowest BCUT2D eigenvalue weighted by Gasteiger charge is -2.14. The second kappa shape index (κ2) is 5.19. The lowest BCUT2D eigenvalue weighted by molar-refractivity contribution is 0.474. The Morgan fingerprint density at radius 3 is 2.22 bits per heavy atom. The largest absolute Gasteiger partial charge is 0.456 e. The van der Waals surface area contributed by atoms with Crippen LogP contribution < -0.4 is 10.5 Å². The van der Waals surface area contributed by atoms with Crippen LogP contribution in [0.5, 0.6) is 11.5 Å². The molecule has 2 aromatic rings. The van der Waals surface area contributed by atoms with Crippen LogP contribution in [-0.4, -0.2) is 4.99 Å². The third-order valence-corrected chi connectivity index (χ3v) is 2.99. The summed E-state index contributed by atoms with van der Waals surface area (Å²) in [6.07, 6.45) is 0. The third-order valence-electron chi connectivity index (χ3n) is 2.77. The summed E-state index contributed by atoms with van der Waals surface area (Å²) >= 11 is 5.03. The highest BCUT2D eigenvalue weighted by atomic mass is 32.1. The van der Waals surface area contributed by atoms with Gasteiger partial charge in [-0.1, -0.05) is 42.5 Å². The summed E-state index contributed by atoms with van der Waals surface area (Å²) in [7, 11) is 0. The van der Waals surface area contributed by atoms with Gasteiger partial charge in [-0.05, 0) is 37.1 Å². The van der Waals surface area contributed by atoms with Gasteiger partial charge in [0.1, 0.15) is 16.5 Å². The van der Waals surface area contributed by atoms with Crippen LogP contribution in [0.3, 0.4) is 0 Å². The van der Waals surface area contributed by atoms with Gasteiger partial charge >= 0.3 is 0 Å². The van der Waals surface area contributed by atoms with Crippen molar-refractivity contribution < 1.29 is 4.74 Å². The van der Waals surface area contributed by atoms with E-state index in [9.17, 15) is 0 Å². The normalized spacial score (nSPS) is 10.1. The minimum atomic E-state index is 0.344. The number of hydrogen-bond donors (Lipinski definition) is 1. The van der Waals surface area contributed by atoms with Gasteiger partial charge in [0, 0.05) is 0 Å². The van der Waals surface area contributed by atoms with Gasteiger partial charge in [-0.2, -0.15) is 0 Å². The van der Waals surface area contributed by atoms with Crippen LogP contribution in [0.2, 0.25) is 0 Å². The van der Waals surface area contributed by atoms with Crippen molar-refractivity contribution in [3.63, 3.8) is 0 Å². The first-order valence-electron chi connectivity index (χ1n) is 5.72. The van der Waals surface area contributed by atoms with E-state index in [1.807, 2.05) is 56.3 Å². The minimum Gasteiger partial charge on any atom is -0.456 e. The second-order valence-electron chi connectivity index (χ2n) is 4.18. The molecule has 0 aliphatic rings. The molecule has 0 aliphatic carbocycles. The lowest BCUT2D eigenvalue weighted by Crippen LogP contribution is -2.10. The Hall–Kier alpha value is -1.87. The van der Waals surface area contributed by atoms with Crippen molar-refractivity contribution >= 4 is 17.2 Å². The van der Waals surface area contributed by atoms with Crippen molar-refractivity contribution in [3.05, 3.63) is 59.2 Å². The molecule has 0 saturated heterocycles. The van der Waals surface area contributed by atoms with E-state index < -0.39 is 0 Å². The standard InChI is InChI=1S/C15H15NOS/c1-10-6-5-7-11(2)14(10)17-13-9-4-3-8-12(13)15(16)18/h3-9H,1-2H3,(H2,16,18). The van der Waals surface area contributed by atoms with Gasteiger partial charge in [0.15, 0.2) is 0 Å². The molecule has 0 bridgehead atoms. The molecule has 0 amide bonds. The predicted molar refractivity (Wildman–Crippen MR) is 78.3 cm³/mol. The monoisotopic (exact) mass is 257 g/mol. The summed E-state index contributed by atoms with van der Waals surface area (Å²) in [6.45, 7) is 4.04. The molecule has 0 atom stereocenters. The van der Waals surface area contributed by atoms with Crippen molar-refractivity contribution in [1.29, 1.82) is 0 Å². The third kappa shape index (κ3) is 2.51. The Kier molecular flexibility index (Phi) is 3.63. The second-order valence-corrected chi connectivity index (χ2v) is 4.62. The zero-order valence-corrected chi connectivity index (χ0v) is 11.3. The number of nitrogens with two attached hydrogens (primary N) is 1. The fourth-order valence-electron chi connectivity index (χ4n) is 1.83. The first-order valence-corrected chi connectivity index (χ1v) is 6.13. The minimum absolute atomic E-state index is 0.344. The maximum atomic E-state index is 5.96. The van der Waals surface area contributed by atoms with E-state index >= 15 is 0 Å². The molecular weight excluding hydrogens is 242 g/mol. The molecule has 0 heterocycles. The Morgan fingerprint density at radius 2 is 1.61 bits per heavy atom. The van der Waals surface area contributed by atoms with Crippen LogP contribution in [0.1, 0.15) is 16.7 Å². The van der Waals surface area contributed by atoms with Gasteiger partial charge in [0.2, 0.25) is 0 Å². The van der Waals surface area contributed by atoms with E-state index in [2.05, 4.69) is 0 Å². The molecule has 2 N–H and O–H groups in total. The zero-order valence-electron chi connectivity index (χ0n) is 10.4. The molecule has 3 heteroatoms. The van der Waals surface area contributed by atoms with Crippen LogP contribution in [0, 0.1) is 13.8 Å². The number of aryl methyl sites for hydroxylation is 2. The lowest BCUT2D eigenvalue weighted by atomic mass is 10.1. The van der Waals surface area contributed by atoms with E-state index in [4.69, 9.17) is 22.7 Å². The number of para-hydroxylation sites is 2. The molecule has 18 heavy (non-hydrogen) atoms. The van der Waals surface area contributed by atoms with Crippen LogP contribution in [0.25, 0.3) is 0 Å². The Morgan fingerprint density at radius 1 is 1.00 bits per heavy atom. The summed E-state index contributed by atoms with van der Waals surface area (Å²) in [5.74, 6) is 1.56. The van der Waals surface area contributed by atoms with Gasteiger partial charge < -0.3 is 10.5 Å². The quantitative estimate of drug-likeness (QED) is 0.851. The van der Waals surface area contributed by atoms with E-state index in [1.165, 1.54) is 0 Å². The van der Waals surface area contributed by atoms with Gasteiger partial charge in [0.05, 0.1) is 5.56 Å². The Balaban J connectivity index is 2.43. The number of ether oxygens (including phenoxy) is 1. The fourth-order valence-corrected chi connectivity index (χ4v) is 2.00. The van der Waals surface area contributed by atoms with Crippen LogP contribution >= 0.6 is 12.2 Å². The predicted octanol–water partition coefficient (Wildman–Crippen LogP) is 3.73. The Labute approximate surface area is 112 Å². The fraction of sp³-hybridized carbons (Fsp3) is 0.133. The van der Waals surface area contributed by atoms with Gasteiger partial charge in [0.25, 0.3) is 0 Å². The molecule has 0 unspecified atom stereocenters. The smallest absolute Gasteiger partial charge is 0.137 e. The molecule has 92 valence electrons. The zero-order chi connectivity index (χ0) is 13.1. The number of rotatable bonds is 3. The van der Waals surface area contributed by atoms with E-state index in [-0.39, 0.29) is 0 Å². The summed E-state index contributed by atoms with van der Waals surface area (Å²) in [4.78, 5) is 0.344. The highest BCUT2D eigenvalue weighted by Gasteiger charge is 2.09. The van der Waals surface area contributed by atoms with Crippen molar-refractivity contribution in [1.82, 2.24) is 0 Å². The van der Waals surface area contributed by atoms with Crippen molar-refractivity contribution in [2.24, 2.45) is 5.73 Å². The molecule has 0 radical (unpaired) electrons. The van der Waals surface area contributed by atoms with E-state index in [0.29, 0.717) is 10.7 Å². The van der Waals surface area contributed by atoms with Gasteiger partial charge in [-0.25, -0.2) is 0 Å². The first-order chi connectivity index (χ1) is 8.59. The molecule has 0 aromatic heterocycles. The maximum Gasteiger partial charge on any atom is 0.137 e. The molecule has 2 nitrogen and oxygen atoms in total. The molecule has 2 rings (SSSR count). The highest BCUT2D eigenvalue weighted by molar-refractivity contribution is 7.80. The SMILES string of the molecule is Cc1cccc(C)c1Oc1ccccc1C(N)=S. The Bertz CT molecular complexity index is 573. The van der Waals surface area contributed by atoms with E-state index in [0.717, 1.165) is 22.4 Å². The first kappa shape index (κ1) is 12.6. The number of hydrogen-bond acceptors (Lipinski definition) is 2. The maximum absolute atomic E-state index is 5.96. The van der Waals surface area contributed by atoms with Crippen LogP contribution in [0.4, 0.5) is 0 Å². The van der Waals surface area contributed by atoms with Gasteiger partial charge in [-0.15, -0.1) is 0 Å². The molecule has 0 aliphatic heterocycles. The average molecular weight is 257 g/mol. The topological polar surface area (TPSA) is 35.2 Å². The van der Waals surface area contributed by atoms with Crippen LogP contribution in [-0.2, 0) is 0 Å². The molecule has 0 saturated carbocycles. The van der Waals surface area contributed by atoms with Gasteiger partial charge in [-0.3, -0.25) is 0 Å². The molecular formula is C15H15NOS. The summed E-state index contributed by atoms with van der Waals surface area (Å²) < 4.78 is 5.96. The van der Waals surface area contributed by atoms with Crippen molar-refractivity contribution in [3.8, 4) is 11.5 Å². The van der Waals surface area contributed by atoms with Crippen LogP contribution in [0.15, 0.2) is 42.5 Å². The van der Waals surface area contributed by atoms with Crippen molar-refractivity contribution in [2.45, 2.75) is 13.8 Å². The summed E-state index contributed by atoms with van der Waals surface area (Å²) in [5.41, 5.74) is 8.64. The number of benzene rings is 2.